The van der Waals surface area contributed by atoms with Crippen LogP contribution in [0.5, 0.6) is 0 Å². The average Bonchev–Trinajstić information content (AvgIpc) is 3.68. The Balaban J connectivity index is 1.35. The summed E-state index contributed by atoms with van der Waals surface area (Å²) in [7, 11) is 0. The minimum Gasteiger partial charge on any atom is -0.509 e. The Bertz CT molecular complexity index is 1640. The monoisotopic (exact) mass is 591 g/mol. The van der Waals surface area contributed by atoms with E-state index >= 15 is 0 Å². The average molecular weight is 592 g/mol. The van der Waals surface area contributed by atoms with Crippen LogP contribution in [0.3, 0.4) is 0 Å². The molecule has 8 rings (SSSR count). The molecule has 2 spiro atoms. The zero-order valence-corrected chi connectivity index (χ0v) is 25.4. The van der Waals surface area contributed by atoms with Crippen molar-refractivity contribution in [3.05, 3.63) is 82.9 Å². The first-order valence-corrected chi connectivity index (χ1v) is 16.6. The fourth-order valence-corrected chi connectivity index (χ4v) is 10.8. The largest absolute Gasteiger partial charge is 0.509 e. The number of hydrogen-bond donors (Lipinski definition) is 2. The number of carbonyl (C=O) groups is 2. The Morgan fingerprint density at radius 2 is 2.05 bits per heavy atom. The van der Waals surface area contributed by atoms with E-state index in [1.807, 2.05) is 24.3 Å². The van der Waals surface area contributed by atoms with Crippen molar-refractivity contribution in [1.29, 1.82) is 0 Å². The number of ether oxygens (including phenoxy) is 2. The number of aryl methyl sites for hydroxylation is 1. The second kappa shape index (κ2) is 9.72. The second-order valence-electron chi connectivity index (χ2n) is 14.1. The quantitative estimate of drug-likeness (QED) is 0.220. The van der Waals surface area contributed by atoms with Gasteiger partial charge in [-0.2, -0.15) is 0 Å². The summed E-state index contributed by atoms with van der Waals surface area (Å²) in [5.41, 5.74) is 4.87. The van der Waals surface area contributed by atoms with Gasteiger partial charge in [-0.1, -0.05) is 80.3 Å². The predicted octanol–water partition coefficient (Wildman–Crippen LogP) is 6.57. The van der Waals surface area contributed by atoms with Crippen LogP contribution in [-0.4, -0.2) is 23.6 Å². The highest BCUT2D eigenvalue weighted by atomic mass is 16.6. The molecule has 3 N–H and O–H groups in total. The Morgan fingerprint density at radius 1 is 1.16 bits per heavy atom. The molecule has 1 saturated heterocycles. The van der Waals surface area contributed by atoms with Gasteiger partial charge < -0.3 is 20.3 Å². The van der Waals surface area contributed by atoms with Crippen molar-refractivity contribution in [2.45, 2.75) is 76.7 Å². The lowest BCUT2D eigenvalue weighted by Crippen LogP contribution is -2.75. The van der Waals surface area contributed by atoms with Crippen molar-refractivity contribution in [2.24, 2.45) is 45.7 Å². The number of rotatable bonds is 6. The predicted molar refractivity (Wildman–Crippen MR) is 166 cm³/mol. The summed E-state index contributed by atoms with van der Waals surface area (Å²) in [6.45, 7) is 2.62. The number of aliphatic hydroxyl groups excluding tert-OH is 1. The highest BCUT2D eigenvalue weighted by Gasteiger charge is 2.91. The molecule has 0 radical (unpaired) electrons. The third-order valence-corrected chi connectivity index (χ3v) is 12.4. The number of nitrogens with two attached hydrogens (primary N) is 1. The summed E-state index contributed by atoms with van der Waals surface area (Å²) in [4.78, 5) is 28.3. The van der Waals surface area contributed by atoms with Crippen LogP contribution in [0.25, 0.3) is 0 Å². The summed E-state index contributed by atoms with van der Waals surface area (Å²) in [6, 6.07) is 5.98. The van der Waals surface area contributed by atoms with Gasteiger partial charge >= 0.3 is 11.9 Å². The molecule has 0 unspecified atom stereocenters. The first-order valence-electron chi connectivity index (χ1n) is 16.6. The zero-order valence-electron chi connectivity index (χ0n) is 25.4. The number of fused-ring (bicyclic) bond motifs is 4. The topological polar surface area (TPSA) is 98.8 Å². The maximum Gasteiger partial charge on any atom is 0.339 e. The Hall–Kier alpha value is -3.56. The molecule has 1 aromatic rings. The number of esters is 2. The van der Waals surface area contributed by atoms with Gasteiger partial charge in [-0.05, 0) is 67.9 Å². The standard InChI is InChI=1S/C38H41NO5/c1-2-9-30-36-20-17-24-10-5-14-27(35-18-4-3-13-26(35)15-7-19-35)22-29(40)32(43-34(36)42)37(36,23-24)38(30)28-16-6-11-25(12-8-21-39)31(28)33(41)44-38/h3-4,6,11,13,16-18,20,24,26-27,30,40H,2,7-9,12,14-15,19,21-23,39H2,1H3/b32-29+/t24-,26+,27+,30+,35+,36+,37-,38-/m1/s1. The third kappa shape index (κ3) is 3.17. The molecule has 6 nitrogen and oxygen atoms in total. The van der Waals surface area contributed by atoms with E-state index in [2.05, 4.69) is 49.1 Å². The van der Waals surface area contributed by atoms with Crippen molar-refractivity contribution in [2.75, 3.05) is 6.54 Å². The molecule has 0 amide bonds. The van der Waals surface area contributed by atoms with Gasteiger partial charge in [0, 0.05) is 30.2 Å². The van der Waals surface area contributed by atoms with E-state index in [4.69, 9.17) is 15.2 Å². The van der Waals surface area contributed by atoms with Crippen LogP contribution in [0.15, 0.2) is 66.2 Å². The Morgan fingerprint density at radius 3 is 2.89 bits per heavy atom. The van der Waals surface area contributed by atoms with Gasteiger partial charge in [0.2, 0.25) is 0 Å². The number of benzene rings is 1. The molecule has 2 bridgehead atoms. The number of carbonyl (C=O) groups excluding carboxylic acids is 2. The lowest BCUT2D eigenvalue weighted by Gasteiger charge is -2.69. The maximum atomic E-state index is 14.3. The first-order chi connectivity index (χ1) is 21.4. The normalized spacial score (nSPS) is 42.1. The molecule has 7 aliphatic rings. The van der Waals surface area contributed by atoms with Gasteiger partial charge in [0.15, 0.2) is 11.4 Å². The Labute approximate surface area is 259 Å². The SMILES string of the molecule is CCC[C@@H]1[C@@]2(OC(=O)c3c(CCCN)cccc32)[C@]23C[C@@H]4C#CC[C@H]([C@]56C=CC=C[C@H]5CCC6)C/C(O)=C/2OC(=O)[C@]13C=C4. The molecule has 44 heavy (non-hydrogen) atoms. The first kappa shape index (κ1) is 28.0. The summed E-state index contributed by atoms with van der Waals surface area (Å²) < 4.78 is 13.0. The molecule has 2 heterocycles. The molecule has 8 atom stereocenters. The Kier molecular flexibility index (Phi) is 6.17. The van der Waals surface area contributed by atoms with E-state index in [1.165, 1.54) is 0 Å². The van der Waals surface area contributed by atoms with Crippen LogP contribution >= 0.6 is 0 Å². The van der Waals surface area contributed by atoms with Crippen LogP contribution in [0.4, 0.5) is 0 Å². The number of aliphatic hydroxyl groups is 1. The van der Waals surface area contributed by atoms with E-state index < -0.39 is 16.4 Å². The molecule has 5 aliphatic carbocycles. The van der Waals surface area contributed by atoms with Crippen LogP contribution < -0.4 is 5.73 Å². The van der Waals surface area contributed by atoms with Crippen LogP contribution in [-0.2, 0) is 26.3 Å². The summed E-state index contributed by atoms with van der Waals surface area (Å²) in [5, 5.41) is 12.3. The van der Waals surface area contributed by atoms with E-state index in [9.17, 15) is 14.7 Å². The number of hydrogen-bond acceptors (Lipinski definition) is 6. The third-order valence-electron chi connectivity index (χ3n) is 12.4. The minimum atomic E-state index is -1.13. The summed E-state index contributed by atoms with van der Waals surface area (Å²) in [5.74, 6) is 6.81. The second-order valence-corrected chi connectivity index (χ2v) is 14.1. The van der Waals surface area contributed by atoms with Gasteiger partial charge in [-0.25, -0.2) is 4.79 Å². The van der Waals surface area contributed by atoms with E-state index in [0.717, 1.165) is 43.2 Å². The van der Waals surface area contributed by atoms with Crippen LogP contribution in [0, 0.1) is 51.8 Å². The van der Waals surface area contributed by atoms with Gasteiger partial charge in [0.1, 0.15) is 11.2 Å². The van der Waals surface area contributed by atoms with E-state index in [-0.39, 0.29) is 40.9 Å². The van der Waals surface area contributed by atoms with Gasteiger partial charge in [0.05, 0.1) is 11.0 Å². The molecule has 228 valence electrons. The van der Waals surface area contributed by atoms with Gasteiger partial charge in [-0.3, -0.25) is 4.79 Å². The van der Waals surface area contributed by atoms with Crippen molar-refractivity contribution in [3.8, 4) is 11.8 Å². The smallest absolute Gasteiger partial charge is 0.339 e. The van der Waals surface area contributed by atoms with Crippen LogP contribution in [0.1, 0.15) is 86.2 Å². The fraction of sp³-hybridized carbons (Fsp3) is 0.526. The molecule has 1 aromatic carbocycles. The molecule has 6 heteroatoms. The highest BCUT2D eigenvalue weighted by molar-refractivity contribution is 5.99. The summed E-state index contributed by atoms with van der Waals surface area (Å²) >= 11 is 0. The fourth-order valence-electron chi connectivity index (χ4n) is 10.8. The zero-order chi connectivity index (χ0) is 30.3. The highest BCUT2D eigenvalue weighted by Crippen LogP contribution is 2.84. The lowest BCUT2D eigenvalue weighted by atomic mass is 9.31. The van der Waals surface area contributed by atoms with Crippen molar-refractivity contribution >= 4 is 11.9 Å². The lowest BCUT2D eigenvalue weighted by molar-refractivity contribution is -0.273. The van der Waals surface area contributed by atoms with Gasteiger partial charge in [-0.15, -0.1) is 5.92 Å². The molecular formula is C38H41NO5. The summed E-state index contributed by atoms with van der Waals surface area (Å²) in [6.07, 6.45) is 20.7. The van der Waals surface area contributed by atoms with Gasteiger partial charge in [0.25, 0.3) is 0 Å². The van der Waals surface area contributed by atoms with Crippen molar-refractivity contribution in [1.82, 2.24) is 0 Å². The molecule has 2 saturated carbocycles. The molecule has 3 fully saturated rings. The van der Waals surface area contributed by atoms with Crippen molar-refractivity contribution in [3.63, 3.8) is 0 Å². The van der Waals surface area contributed by atoms with E-state index in [0.29, 0.717) is 55.9 Å². The van der Waals surface area contributed by atoms with Crippen LogP contribution in [0.2, 0.25) is 0 Å². The van der Waals surface area contributed by atoms with Crippen molar-refractivity contribution < 1.29 is 24.2 Å². The number of allylic oxidation sites excluding steroid dienone is 6. The molecular weight excluding hydrogens is 550 g/mol. The molecule has 0 aromatic heterocycles. The maximum absolute atomic E-state index is 14.3. The minimum absolute atomic E-state index is 0.0628. The molecule has 2 aliphatic heterocycles. The van der Waals surface area contributed by atoms with E-state index in [1.54, 1.807) is 0 Å².